The van der Waals surface area contributed by atoms with Crippen molar-refractivity contribution in [1.29, 1.82) is 0 Å². The van der Waals surface area contributed by atoms with Crippen molar-refractivity contribution in [3.05, 3.63) is 23.4 Å². The molecule has 3 nitrogen and oxygen atoms in total. The Bertz CT molecular complexity index is 509. The molecule has 0 atom stereocenters. The number of nitrogens with zero attached hydrogens (tertiary/aromatic N) is 1. The standard InChI is InChI=1S/C12H14F3N3S/c1-11(4-5-11)6-17-10-7(9(16)19)2-3-8(18-10)12(13,14)15/h2-3H,4-6H2,1H3,(H2,16,19)(H,17,18). The first-order valence-electron chi connectivity index (χ1n) is 5.83. The predicted molar refractivity (Wildman–Crippen MR) is 71.0 cm³/mol. The molecule has 0 saturated heterocycles. The maximum atomic E-state index is 12.6. The molecule has 1 aromatic heterocycles. The zero-order valence-electron chi connectivity index (χ0n) is 10.3. The van der Waals surface area contributed by atoms with Gasteiger partial charge in [-0.1, -0.05) is 19.1 Å². The number of pyridine rings is 1. The van der Waals surface area contributed by atoms with Crippen LogP contribution in [0.3, 0.4) is 0 Å². The second-order valence-corrected chi connectivity index (χ2v) is 5.56. The van der Waals surface area contributed by atoms with Gasteiger partial charge in [-0.3, -0.25) is 0 Å². The van der Waals surface area contributed by atoms with Gasteiger partial charge in [0.1, 0.15) is 16.5 Å². The summed E-state index contributed by atoms with van der Waals surface area (Å²) < 4.78 is 37.9. The molecule has 0 amide bonds. The van der Waals surface area contributed by atoms with E-state index in [0.29, 0.717) is 12.1 Å². The molecule has 0 bridgehead atoms. The van der Waals surface area contributed by atoms with Crippen LogP contribution in [0.1, 0.15) is 31.0 Å². The van der Waals surface area contributed by atoms with Crippen LogP contribution in [0.5, 0.6) is 0 Å². The van der Waals surface area contributed by atoms with Crippen LogP contribution in [0, 0.1) is 5.41 Å². The van der Waals surface area contributed by atoms with E-state index in [9.17, 15) is 13.2 Å². The van der Waals surface area contributed by atoms with Gasteiger partial charge in [0, 0.05) is 6.54 Å². The Morgan fingerprint density at radius 3 is 2.58 bits per heavy atom. The zero-order chi connectivity index (χ0) is 14.3. The molecule has 2 rings (SSSR count). The van der Waals surface area contributed by atoms with E-state index in [2.05, 4.69) is 17.2 Å². The predicted octanol–water partition coefficient (Wildman–Crippen LogP) is 2.95. The van der Waals surface area contributed by atoms with Crippen LogP contribution in [0.15, 0.2) is 12.1 Å². The average molecular weight is 289 g/mol. The third-order valence-corrected chi connectivity index (χ3v) is 3.46. The molecule has 0 spiro atoms. The van der Waals surface area contributed by atoms with E-state index in [1.54, 1.807) is 0 Å². The van der Waals surface area contributed by atoms with Crippen LogP contribution in [-0.4, -0.2) is 16.5 Å². The van der Waals surface area contributed by atoms with Gasteiger partial charge in [0.2, 0.25) is 0 Å². The molecule has 1 saturated carbocycles. The number of nitrogens with two attached hydrogens (primary N) is 1. The summed E-state index contributed by atoms with van der Waals surface area (Å²) in [6.45, 7) is 2.63. The first-order chi connectivity index (χ1) is 8.71. The Hall–Kier alpha value is -1.37. The monoisotopic (exact) mass is 289 g/mol. The molecule has 1 aliphatic rings. The van der Waals surface area contributed by atoms with Gasteiger partial charge in [-0.25, -0.2) is 4.98 Å². The van der Waals surface area contributed by atoms with Crippen molar-refractivity contribution >= 4 is 23.0 Å². The SMILES string of the molecule is CC1(CNc2nc(C(F)(F)F)ccc2C(N)=S)CC1. The Labute approximate surface area is 114 Å². The number of hydrogen-bond donors (Lipinski definition) is 2. The maximum absolute atomic E-state index is 12.6. The van der Waals surface area contributed by atoms with Crippen LogP contribution in [-0.2, 0) is 6.18 Å². The highest BCUT2D eigenvalue weighted by molar-refractivity contribution is 7.80. The molecule has 0 unspecified atom stereocenters. The van der Waals surface area contributed by atoms with E-state index < -0.39 is 11.9 Å². The van der Waals surface area contributed by atoms with E-state index in [4.69, 9.17) is 18.0 Å². The molecule has 19 heavy (non-hydrogen) atoms. The topological polar surface area (TPSA) is 50.9 Å². The zero-order valence-corrected chi connectivity index (χ0v) is 11.2. The lowest BCUT2D eigenvalue weighted by atomic mass is 10.1. The van der Waals surface area contributed by atoms with Crippen LogP contribution in [0.2, 0.25) is 0 Å². The number of anilines is 1. The van der Waals surface area contributed by atoms with Crippen LogP contribution >= 0.6 is 12.2 Å². The maximum Gasteiger partial charge on any atom is 0.433 e. The molecule has 104 valence electrons. The van der Waals surface area contributed by atoms with Gasteiger partial charge < -0.3 is 11.1 Å². The first kappa shape index (κ1) is 14.0. The highest BCUT2D eigenvalue weighted by Crippen LogP contribution is 2.44. The normalized spacial score (nSPS) is 17.1. The van der Waals surface area contributed by atoms with Crippen molar-refractivity contribution in [2.45, 2.75) is 25.9 Å². The minimum Gasteiger partial charge on any atom is -0.389 e. The highest BCUT2D eigenvalue weighted by atomic mass is 32.1. The van der Waals surface area contributed by atoms with E-state index >= 15 is 0 Å². The molecular weight excluding hydrogens is 275 g/mol. The van der Waals surface area contributed by atoms with E-state index in [1.807, 2.05) is 0 Å². The smallest absolute Gasteiger partial charge is 0.389 e. The number of rotatable bonds is 4. The Morgan fingerprint density at radius 2 is 2.11 bits per heavy atom. The summed E-state index contributed by atoms with van der Waals surface area (Å²) in [5.41, 5.74) is 5.03. The van der Waals surface area contributed by atoms with E-state index in [1.165, 1.54) is 6.07 Å². The van der Waals surface area contributed by atoms with Crippen LogP contribution in [0.4, 0.5) is 19.0 Å². The van der Waals surface area contributed by atoms with Crippen molar-refractivity contribution in [3.8, 4) is 0 Å². The number of halogens is 3. The third-order valence-electron chi connectivity index (χ3n) is 3.24. The van der Waals surface area contributed by atoms with Gasteiger partial charge >= 0.3 is 6.18 Å². The summed E-state index contributed by atoms with van der Waals surface area (Å²) in [6.07, 6.45) is -2.36. The highest BCUT2D eigenvalue weighted by Gasteiger charge is 2.37. The number of thiocarbonyl (C=S) groups is 1. The Balaban J connectivity index is 2.27. The number of alkyl halides is 3. The second kappa shape index (κ2) is 4.63. The summed E-state index contributed by atoms with van der Waals surface area (Å²) in [5, 5.41) is 2.93. The molecule has 0 radical (unpaired) electrons. The van der Waals surface area contributed by atoms with Crippen LogP contribution in [0.25, 0.3) is 0 Å². The largest absolute Gasteiger partial charge is 0.433 e. The molecule has 1 heterocycles. The molecule has 0 aliphatic heterocycles. The number of aromatic nitrogens is 1. The van der Waals surface area contributed by atoms with Gasteiger partial charge in [0.25, 0.3) is 0 Å². The molecular formula is C12H14F3N3S. The molecule has 1 aliphatic carbocycles. The Kier molecular flexibility index (Phi) is 3.42. The number of hydrogen-bond acceptors (Lipinski definition) is 3. The van der Waals surface area contributed by atoms with Gasteiger partial charge in [0.15, 0.2) is 0 Å². The van der Waals surface area contributed by atoms with Crippen molar-refractivity contribution in [2.24, 2.45) is 11.1 Å². The van der Waals surface area contributed by atoms with E-state index in [0.717, 1.165) is 18.9 Å². The lowest BCUT2D eigenvalue weighted by molar-refractivity contribution is -0.141. The number of nitrogens with one attached hydrogen (secondary N) is 1. The summed E-state index contributed by atoms with van der Waals surface area (Å²) in [7, 11) is 0. The second-order valence-electron chi connectivity index (χ2n) is 5.12. The fraction of sp³-hybridized carbons (Fsp3) is 0.500. The van der Waals surface area contributed by atoms with Gasteiger partial charge in [-0.05, 0) is 30.4 Å². The molecule has 0 aromatic carbocycles. The minimum absolute atomic E-state index is 0.0321. The fourth-order valence-electron chi connectivity index (χ4n) is 1.64. The van der Waals surface area contributed by atoms with Gasteiger partial charge in [-0.2, -0.15) is 13.2 Å². The summed E-state index contributed by atoms with van der Waals surface area (Å²) in [6, 6.07) is 2.15. The van der Waals surface area contributed by atoms with Crippen LogP contribution < -0.4 is 11.1 Å². The molecule has 3 N–H and O–H groups in total. The Morgan fingerprint density at radius 1 is 1.47 bits per heavy atom. The fourth-order valence-corrected chi connectivity index (χ4v) is 1.80. The van der Waals surface area contributed by atoms with Crippen molar-refractivity contribution in [1.82, 2.24) is 4.98 Å². The lowest BCUT2D eigenvalue weighted by Gasteiger charge is -2.15. The quantitative estimate of drug-likeness (QED) is 0.837. The lowest BCUT2D eigenvalue weighted by Crippen LogP contribution is -2.20. The molecule has 7 heteroatoms. The minimum atomic E-state index is -4.48. The van der Waals surface area contributed by atoms with Crippen molar-refractivity contribution in [3.63, 3.8) is 0 Å². The van der Waals surface area contributed by atoms with E-state index in [-0.39, 0.29) is 16.2 Å². The third kappa shape index (κ3) is 3.34. The van der Waals surface area contributed by atoms with Crippen molar-refractivity contribution < 1.29 is 13.2 Å². The van der Waals surface area contributed by atoms with Crippen molar-refractivity contribution in [2.75, 3.05) is 11.9 Å². The summed E-state index contributed by atoms with van der Waals surface area (Å²) in [5.74, 6) is 0.107. The average Bonchev–Trinajstić information content (AvgIpc) is 3.03. The summed E-state index contributed by atoms with van der Waals surface area (Å²) >= 11 is 4.83. The van der Waals surface area contributed by atoms with Gasteiger partial charge in [0.05, 0.1) is 5.56 Å². The molecule has 1 aromatic rings. The summed E-state index contributed by atoms with van der Waals surface area (Å²) in [4.78, 5) is 3.62. The van der Waals surface area contributed by atoms with Gasteiger partial charge in [-0.15, -0.1) is 0 Å². The molecule has 1 fully saturated rings. The first-order valence-corrected chi connectivity index (χ1v) is 6.24.